The minimum absolute atomic E-state index is 0.0778. The standard InChI is InChI=1S/C12H12N4O3/c17-10(13-7-11(18)19)6-15-12-14-5-8-3-1-2-4-9(8)16-12/h1-5H,6-7H2,(H,13,17)(H,18,19)(H,14,15,16). The Bertz CT molecular complexity index is 615. The van der Waals surface area contributed by atoms with Gasteiger partial charge in [-0.3, -0.25) is 9.59 Å². The van der Waals surface area contributed by atoms with Gasteiger partial charge in [0, 0.05) is 11.6 Å². The van der Waals surface area contributed by atoms with Crippen LogP contribution >= 0.6 is 0 Å². The number of carboxylic acids is 1. The molecule has 3 N–H and O–H groups in total. The van der Waals surface area contributed by atoms with Crippen LogP contribution in [0, 0.1) is 0 Å². The quantitative estimate of drug-likeness (QED) is 0.711. The van der Waals surface area contributed by atoms with Crippen LogP contribution in [0.15, 0.2) is 30.5 Å². The highest BCUT2D eigenvalue weighted by Gasteiger charge is 2.05. The van der Waals surface area contributed by atoms with Gasteiger partial charge in [0.25, 0.3) is 0 Å². The first-order valence-corrected chi connectivity index (χ1v) is 5.59. The van der Waals surface area contributed by atoms with Crippen LogP contribution in [-0.2, 0) is 9.59 Å². The van der Waals surface area contributed by atoms with Crippen LogP contribution in [0.4, 0.5) is 5.95 Å². The minimum Gasteiger partial charge on any atom is -0.480 e. The SMILES string of the molecule is O=C(O)CNC(=O)CNc1ncc2ccccc2n1. The fourth-order valence-corrected chi connectivity index (χ4v) is 1.45. The second kappa shape index (κ2) is 5.76. The number of rotatable bonds is 5. The Balaban J connectivity index is 1.94. The van der Waals surface area contributed by atoms with E-state index in [0.717, 1.165) is 10.9 Å². The molecule has 1 heterocycles. The first-order valence-electron chi connectivity index (χ1n) is 5.59. The molecule has 0 bridgehead atoms. The van der Waals surface area contributed by atoms with Gasteiger partial charge in [-0.05, 0) is 6.07 Å². The topological polar surface area (TPSA) is 104 Å². The Morgan fingerprint density at radius 2 is 2.00 bits per heavy atom. The summed E-state index contributed by atoms with van der Waals surface area (Å²) in [5.41, 5.74) is 0.769. The molecule has 0 atom stereocenters. The van der Waals surface area contributed by atoms with Crippen molar-refractivity contribution in [1.82, 2.24) is 15.3 Å². The molecule has 98 valence electrons. The number of benzene rings is 1. The third-order valence-corrected chi connectivity index (χ3v) is 2.33. The summed E-state index contributed by atoms with van der Waals surface area (Å²) < 4.78 is 0. The van der Waals surface area contributed by atoms with E-state index in [1.165, 1.54) is 0 Å². The van der Waals surface area contributed by atoms with E-state index in [2.05, 4.69) is 20.6 Å². The van der Waals surface area contributed by atoms with Crippen molar-refractivity contribution in [2.75, 3.05) is 18.4 Å². The molecule has 2 aromatic rings. The number of hydrogen-bond acceptors (Lipinski definition) is 5. The molecule has 0 unspecified atom stereocenters. The maximum atomic E-state index is 11.3. The van der Waals surface area contributed by atoms with Crippen LogP contribution in [0.25, 0.3) is 10.9 Å². The van der Waals surface area contributed by atoms with Gasteiger partial charge in [-0.1, -0.05) is 18.2 Å². The van der Waals surface area contributed by atoms with Gasteiger partial charge in [0.1, 0.15) is 6.54 Å². The highest BCUT2D eigenvalue weighted by molar-refractivity contribution is 5.84. The largest absolute Gasteiger partial charge is 0.480 e. The lowest BCUT2D eigenvalue weighted by molar-refractivity contribution is -0.137. The number of fused-ring (bicyclic) bond motifs is 1. The second-order valence-corrected chi connectivity index (χ2v) is 3.78. The lowest BCUT2D eigenvalue weighted by Crippen LogP contribution is -2.34. The molecule has 0 aliphatic rings. The molecule has 0 aliphatic carbocycles. The Morgan fingerprint density at radius 3 is 2.79 bits per heavy atom. The van der Waals surface area contributed by atoms with Crippen molar-refractivity contribution in [3.05, 3.63) is 30.5 Å². The van der Waals surface area contributed by atoms with Gasteiger partial charge >= 0.3 is 5.97 Å². The van der Waals surface area contributed by atoms with Gasteiger partial charge in [-0.2, -0.15) is 0 Å². The number of hydrogen-bond donors (Lipinski definition) is 3. The number of para-hydroxylation sites is 1. The Morgan fingerprint density at radius 1 is 1.21 bits per heavy atom. The Labute approximate surface area is 108 Å². The number of carbonyl (C=O) groups excluding carboxylic acids is 1. The molecule has 2 rings (SSSR count). The van der Waals surface area contributed by atoms with Crippen molar-refractivity contribution in [2.24, 2.45) is 0 Å². The molecular weight excluding hydrogens is 248 g/mol. The summed E-state index contributed by atoms with van der Waals surface area (Å²) in [6.45, 7) is -0.481. The Hall–Kier alpha value is -2.70. The Kier molecular flexibility index (Phi) is 3.87. The number of aromatic nitrogens is 2. The molecule has 0 fully saturated rings. The van der Waals surface area contributed by atoms with E-state index in [0.29, 0.717) is 5.95 Å². The molecule has 19 heavy (non-hydrogen) atoms. The molecule has 0 saturated carbocycles. The molecule has 1 amide bonds. The number of nitrogens with zero attached hydrogens (tertiary/aromatic N) is 2. The average Bonchev–Trinajstić information content (AvgIpc) is 2.42. The van der Waals surface area contributed by atoms with Crippen molar-refractivity contribution in [3.63, 3.8) is 0 Å². The molecule has 7 nitrogen and oxygen atoms in total. The molecule has 0 aliphatic heterocycles. The monoisotopic (exact) mass is 260 g/mol. The van der Waals surface area contributed by atoms with Crippen molar-refractivity contribution in [1.29, 1.82) is 0 Å². The summed E-state index contributed by atoms with van der Waals surface area (Å²) >= 11 is 0. The number of anilines is 1. The van der Waals surface area contributed by atoms with Crippen LogP contribution < -0.4 is 10.6 Å². The van der Waals surface area contributed by atoms with Gasteiger partial charge in [-0.15, -0.1) is 0 Å². The zero-order valence-corrected chi connectivity index (χ0v) is 9.96. The predicted molar refractivity (Wildman–Crippen MR) is 68.7 cm³/mol. The molecule has 0 spiro atoms. The first kappa shape index (κ1) is 12.7. The van der Waals surface area contributed by atoms with Crippen LogP contribution in [0.2, 0.25) is 0 Å². The zero-order valence-electron chi connectivity index (χ0n) is 9.96. The van der Waals surface area contributed by atoms with Gasteiger partial charge in [0.15, 0.2) is 0 Å². The van der Waals surface area contributed by atoms with Crippen molar-refractivity contribution in [2.45, 2.75) is 0 Å². The molecule has 7 heteroatoms. The van der Waals surface area contributed by atoms with E-state index >= 15 is 0 Å². The van der Waals surface area contributed by atoms with Gasteiger partial charge < -0.3 is 15.7 Å². The normalized spacial score (nSPS) is 10.1. The van der Waals surface area contributed by atoms with E-state index in [-0.39, 0.29) is 6.54 Å². The molecular formula is C12H12N4O3. The highest BCUT2D eigenvalue weighted by atomic mass is 16.4. The summed E-state index contributed by atoms with van der Waals surface area (Å²) in [6.07, 6.45) is 1.65. The van der Waals surface area contributed by atoms with Gasteiger partial charge in [0.05, 0.1) is 12.1 Å². The van der Waals surface area contributed by atoms with E-state index in [1.807, 2.05) is 24.3 Å². The van der Waals surface area contributed by atoms with E-state index < -0.39 is 18.4 Å². The zero-order chi connectivity index (χ0) is 13.7. The summed E-state index contributed by atoms with van der Waals surface area (Å²) in [7, 11) is 0. The maximum Gasteiger partial charge on any atom is 0.322 e. The highest BCUT2D eigenvalue weighted by Crippen LogP contribution is 2.11. The number of aliphatic carboxylic acids is 1. The smallest absolute Gasteiger partial charge is 0.322 e. The fraction of sp³-hybridized carbons (Fsp3) is 0.167. The van der Waals surface area contributed by atoms with Crippen LogP contribution in [0.5, 0.6) is 0 Å². The summed E-state index contributed by atoms with van der Waals surface area (Å²) in [4.78, 5) is 29.8. The maximum absolute atomic E-state index is 11.3. The minimum atomic E-state index is -1.09. The fourth-order valence-electron chi connectivity index (χ4n) is 1.45. The van der Waals surface area contributed by atoms with Gasteiger partial charge in [0.2, 0.25) is 11.9 Å². The van der Waals surface area contributed by atoms with Crippen LogP contribution in [-0.4, -0.2) is 40.0 Å². The van der Waals surface area contributed by atoms with E-state index in [9.17, 15) is 9.59 Å². The van der Waals surface area contributed by atoms with Crippen LogP contribution in [0.1, 0.15) is 0 Å². The first-order chi connectivity index (χ1) is 9.15. The number of carboxylic acid groups (broad SMARTS) is 1. The van der Waals surface area contributed by atoms with E-state index in [1.54, 1.807) is 6.20 Å². The lowest BCUT2D eigenvalue weighted by Gasteiger charge is -2.05. The van der Waals surface area contributed by atoms with Crippen LogP contribution in [0.3, 0.4) is 0 Å². The van der Waals surface area contributed by atoms with Gasteiger partial charge in [-0.25, -0.2) is 9.97 Å². The molecule has 1 aromatic carbocycles. The van der Waals surface area contributed by atoms with Crippen molar-refractivity contribution < 1.29 is 14.7 Å². The second-order valence-electron chi connectivity index (χ2n) is 3.78. The number of carbonyl (C=O) groups is 2. The summed E-state index contributed by atoms with van der Waals surface area (Å²) in [5.74, 6) is -1.20. The average molecular weight is 260 g/mol. The third-order valence-electron chi connectivity index (χ3n) is 2.33. The van der Waals surface area contributed by atoms with Crippen molar-refractivity contribution >= 4 is 28.7 Å². The number of amides is 1. The molecule has 0 radical (unpaired) electrons. The third kappa shape index (κ3) is 3.63. The summed E-state index contributed by atoms with van der Waals surface area (Å²) in [5, 5.41) is 14.3. The number of nitrogens with one attached hydrogen (secondary N) is 2. The van der Waals surface area contributed by atoms with E-state index in [4.69, 9.17) is 5.11 Å². The van der Waals surface area contributed by atoms with Crippen molar-refractivity contribution in [3.8, 4) is 0 Å². The predicted octanol–water partition coefficient (Wildman–Crippen LogP) is 0.242. The molecule has 1 aromatic heterocycles. The lowest BCUT2D eigenvalue weighted by atomic mass is 10.2. The summed E-state index contributed by atoms with van der Waals surface area (Å²) in [6, 6.07) is 7.47. The molecule has 0 saturated heterocycles.